The Bertz CT molecular complexity index is 1120. The Kier molecular flexibility index (Phi) is 5.31. The number of benzene rings is 1. The van der Waals surface area contributed by atoms with Gasteiger partial charge in [0.2, 0.25) is 5.91 Å². The molecule has 148 valence electrons. The molecule has 2 heterocycles. The molecule has 0 aliphatic heterocycles. The zero-order valence-electron chi connectivity index (χ0n) is 16.3. The minimum Gasteiger partial charge on any atom is -0.341 e. The molecule has 3 rings (SSSR count). The summed E-state index contributed by atoms with van der Waals surface area (Å²) in [6.45, 7) is 3.89. The molecule has 8 heteroatoms. The third-order valence-corrected chi connectivity index (χ3v) is 4.97. The molecule has 2 aromatic heterocycles. The van der Waals surface area contributed by atoms with Crippen LogP contribution < -0.4 is 5.56 Å². The molecular formula is C20H22F2N4O2. The van der Waals surface area contributed by atoms with E-state index in [0.29, 0.717) is 16.8 Å². The second-order valence-corrected chi connectivity index (χ2v) is 6.99. The third-order valence-electron chi connectivity index (χ3n) is 4.97. The Balaban J connectivity index is 1.74. The molecule has 0 radical (unpaired) electrons. The lowest BCUT2D eigenvalue weighted by Gasteiger charge is -2.17. The zero-order chi connectivity index (χ0) is 20.6. The second kappa shape index (κ2) is 7.53. The van der Waals surface area contributed by atoms with E-state index in [-0.39, 0.29) is 30.9 Å². The van der Waals surface area contributed by atoms with Gasteiger partial charge in [0.1, 0.15) is 5.65 Å². The van der Waals surface area contributed by atoms with Crippen molar-refractivity contribution < 1.29 is 13.6 Å². The van der Waals surface area contributed by atoms with Crippen molar-refractivity contribution in [2.75, 3.05) is 7.05 Å². The molecule has 0 saturated carbocycles. The molecular weight excluding hydrogens is 366 g/mol. The number of H-pyrrole nitrogens is 1. The number of nitrogens with zero attached hydrogens (tertiary/aromatic N) is 3. The van der Waals surface area contributed by atoms with Crippen LogP contribution in [0.5, 0.6) is 0 Å². The van der Waals surface area contributed by atoms with Gasteiger partial charge in [-0.3, -0.25) is 14.3 Å². The predicted octanol–water partition coefficient (Wildman–Crippen LogP) is 2.75. The van der Waals surface area contributed by atoms with Crippen LogP contribution >= 0.6 is 0 Å². The van der Waals surface area contributed by atoms with Crippen molar-refractivity contribution >= 4 is 16.9 Å². The number of halogens is 2. The fraction of sp³-hybridized carbons (Fsp3) is 0.350. The SMILES string of the molecule is Cc1nn(C)c2[nH]c(=O)c(CCC(=O)N(C)Cc3ccc(F)c(F)c3)c(C)c12. The van der Waals surface area contributed by atoms with Gasteiger partial charge in [0.25, 0.3) is 5.56 Å². The average Bonchev–Trinajstić information content (AvgIpc) is 2.91. The van der Waals surface area contributed by atoms with Crippen LogP contribution in [0.3, 0.4) is 0 Å². The van der Waals surface area contributed by atoms with Gasteiger partial charge in [-0.2, -0.15) is 5.10 Å². The molecule has 3 aromatic rings. The van der Waals surface area contributed by atoms with Gasteiger partial charge in [0, 0.05) is 38.0 Å². The Morgan fingerprint density at radius 2 is 1.96 bits per heavy atom. The molecule has 0 aliphatic rings. The van der Waals surface area contributed by atoms with Crippen molar-refractivity contribution in [3.63, 3.8) is 0 Å². The van der Waals surface area contributed by atoms with Crippen molar-refractivity contribution in [2.24, 2.45) is 7.05 Å². The number of aryl methyl sites for hydroxylation is 3. The maximum absolute atomic E-state index is 13.3. The lowest BCUT2D eigenvalue weighted by atomic mass is 10.0. The van der Waals surface area contributed by atoms with Crippen LogP contribution in [0.25, 0.3) is 11.0 Å². The average molecular weight is 388 g/mol. The summed E-state index contributed by atoms with van der Waals surface area (Å²) in [4.78, 5) is 29.2. The Morgan fingerprint density at radius 1 is 1.25 bits per heavy atom. The summed E-state index contributed by atoms with van der Waals surface area (Å²) in [7, 11) is 3.36. The van der Waals surface area contributed by atoms with Crippen LogP contribution in [0.1, 0.15) is 28.8 Å². The quantitative estimate of drug-likeness (QED) is 0.731. The standard InChI is InChI=1S/C20H22F2N4O2/c1-11-14(20(28)23-19-18(11)12(2)24-26(19)4)6-8-17(27)25(3)10-13-5-7-15(21)16(22)9-13/h5,7,9H,6,8,10H2,1-4H3,(H,23,28). The predicted molar refractivity (Wildman–Crippen MR) is 102 cm³/mol. The molecule has 1 aromatic carbocycles. The first-order chi connectivity index (χ1) is 13.2. The van der Waals surface area contributed by atoms with Crippen LogP contribution in [0.15, 0.2) is 23.0 Å². The highest BCUT2D eigenvalue weighted by Gasteiger charge is 2.17. The summed E-state index contributed by atoms with van der Waals surface area (Å²) < 4.78 is 28.0. The van der Waals surface area contributed by atoms with Crippen molar-refractivity contribution in [1.29, 1.82) is 0 Å². The number of pyridine rings is 1. The van der Waals surface area contributed by atoms with Crippen molar-refractivity contribution in [3.05, 3.63) is 62.6 Å². The number of rotatable bonds is 5. The summed E-state index contributed by atoms with van der Waals surface area (Å²) in [5.41, 5.74) is 3.11. The number of nitrogens with one attached hydrogen (secondary N) is 1. The first-order valence-corrected chi connectivity index (χ1v) is 8.92. The minimum atomic E-state index is -0.944. The number of hydrogen-bond acceptors (Lipinski definition) is 3. The smallest absolute Gasteiger partial charge is 0.253 e. The first kappa shape index (κ1) is 19.7. The summed E-state index contributed by atoms with van der Waals surface area (Å²) >= 11 is 0. The third kappa shape index (κ3) is 3.67. The molecule has 0 fully saturated rings. The highest BCUT2D eigenvalue weighted by molar-refractivity contribution is 5.83. The Hall–Kier alpha value is -3.03. The Labute approximate surface area is 160 Å². The van der Waals surface area contributed by atoms with Crippen LogP contribution in [0.2, 0.25) is 0 Å². The molecule has 0 bridgehead atoms. The van der Waals surface area contributed by atoms with Gasteiger partial charge in [-0.25, -0.2) is 8.78 Å². The molecule has 6 nitrogen and oxygen atoms in total. The van der Waals surface area contributed by atoms with E-state index in [4.69, 9.17) is 0 Å². The number of aromatic amines is 1. The zero-order valence-corrected chi connectivity index (χ0v) is 16.3. The molecule has 0 unspecified atom stereocenters. The van der Waals surface area contributed by atoms with E-state index in [1.54, 1.807) is 18.8 Å². The van der Waals surface area contributed by atoms with Crippen LogP contribution in [0, 0.1) is 25.5 Å². The summed E-state index contributed by atoms with van der Waals surface area (Å²) in [6.07, 6.45) is 0.418. The van der Waals surface area contributed by atoms with Crippen LogP contribution in [0.4, 0.5) is 8.78 Å². The largest absolute Gasteiger partial charge is 0.341 e. The fourth-order valence-corrected chi connectivity index (χ4v) is 3.48. The van der Waals surface area contributed by atoms with E-state index in [0.717, 1.165) is 28.8 Å². The van der Waals surface area contributed by atoms with Gasteiger partial charge < -0.3 is 9.88 Å². The summed E-state index contributed by atoms with van der Waals surface area (Å²) in [6, 6.07) is 3.56. The molecule has 0 aliphatic carbocycles. The topological polar surface area (TPSA) is 71.0 Å². The molecule has 0 saturated heterocycles. The van der Waals surface area contributed by atoms with Gasteiger partial charge in [0.15, 0.2) is 11.6 Å². The summed E-state index contributed by atoms with van der Waals surface area (Å²) in [5.74, 6) is -2.05. The number of hydrogen-bond donors (Lipinski definition) is 1. The van der Waals surface area contributed by atoms with Gasteiger partial charge in [-0.05, 0) is 43.5 Å². The van der Waals surface area contributed by atoms with Gasteiger partial charge >= 0.3 is 0 Å². The van der Waals surface area contributed by atoms with Crippen molar-refractivity contribution in [2.45, 2.75) is 33.2 Å². The van der Waals surface area contributed by atoms with Gasteiger partial charge in [0.05, 0.1) is 5.69 Å². The molecule has 0 atom stereocenters. The van der Waals surface area contributed by atoms with E-state index in [1.165, 1.54) is 11.0 Å². The number of aromatic nitrogens is 3. The number of fused-ring (bicyclic) bond motifs is 1. The highest BCUT2D eigenvalue weighted by Crippen LogP contribution is 2.21. The number of carbonyl (C=O) groups is 1. The van der Waals surface area contributed by atoms with E-state index < -0.39 is 11.6 Å². The van der Waals surface area contributed by atoms with Crippen LogP contribution in [-0.4, -0.2) is 32.6 Å². The minimum absolute atomic E-state index is 0.134. The maximum Gasteiger partial charge on any atom is 0.253 e. The Morgan fingerprint density at radius 3 is 2.64 bits per heavy atom. The van der Waals surface area contributed by atoms with Crippen LogP contribution in [-0.2, 0) is 24.8 Å². The van der Waals surface area contributed by atoms with E-state index in [1.807, 2.05) is 13.8 Å². The van der Waals surface area contributed by atoms with E-state index >= 15 is 0 Å². The van der Waals surface area contributed by atoms with Gasteiger partial charge in [-0.15, -0.1) is 0 Å². The van der Waals surface area contributed by atoms with Crippen molar-refractivity contribution in [1.82, 2.24) is 19.7 Å². The lowest BCUT2D eigenvalue weighted by Crippen LogP contribution is -2.27. The van der Waals surface area contributed by atoms with E-state index in [9.17, 15) is 18.4 Å². The van der Waals surface area contributed by atoms with Crippen molar-refractivity contribution in [3.8, 4) is 0 Å². The lowest BCUT2D eigenvalue weighted by molar-refractivity contribution is -0.130. The molecule has 1 N–H and O–H groups in total. The van der Waals surface area contributed by atoms with E-state index in [2.05, 4.69) is 10.1 Å². The highest BCUT2D eigenvalue weighted by atomic mass is 19.2. The monoisotopic (exact) mass is 388 g/mol. The molecule has 1 amide bonds. The fourth-order valence-electron chi connectivity index (χ4n) is 3.48. The number of amides is 1. The maximum atomic E-state index is 13.3. The second-order valence-electron chi connectivity index (χ2n) is 6.99. The first-order valence-electron chi connectivity index (χ1n) is 8.92. The molecule has 0 spiro atoms. The number of carbonyl (C=O) groups excluding carboxylic acids is 1. The van der Waals surface area contributed by atoms with Gasteiger partial charge in [-0.1, -0.05) is 6.07 Å². The molecule has 28 heavy (non-hydrogen) atoms. The summed E-state index contributed by atoms with van der Waals surface area (Å²) in [5, 5.41) is 5.22. The normalized spacial score (nSPS) is 11.2.